The highest BCUT2D eigenvalue weighted by atomic mass is 35.5. The van der Waals surface area contributed by atoms with Crippen molar-refractivity contribution in [1.29, 1.82) is 0 Å². The van der Waals surface area contributed by atoms with E-state index < -0.39 is 0 Å². The number of hydrogen-bond acceptors (Lipinski definition) is 3. The van der Waals surface area contributed by atoms with Gasteiger partial charge in [-0.3, -0.25) is 9.78 Å². The summed E-state index contributed by atoms with van der Waals surface area (Å²) in [7, 11) is 0. The van der Waals surface area contributed by atoms with Crippen molar-refractivity contribution in [2.24, 2.45) is 0 Å². The second-order valence-electron chi connectivity index (χ2n) is 3.40. The SMILES string of the molecule is Cl.Nc1ccccc1C(=O)Nc1cnccc1Cl. The Morgan fingerprint density at radius 2 is 2.00 bits per heavy atom. The van der Waals surface area contributed by atoms with E-state index in [1.54, 1.807) is 36.5 Å². The third kappa shape index (κ3) is 3.12. The molecule has 2 aromatic rings. The Hall–Kier alpha value is -1.78. The molecule has 0 aliphatic rings. The zero-order valence-corrected chi connectivity index (χ0v) is 10.8. The number of aromatic nitrogens is 1. The van der Waals surface area contributed by atoms with Crippen LogP contribution in [-0.2, 0) is 0 Å². The zero-order chi connectivity index (χ0) is 12.3. The van der Waals surface area contributed by atoms with Gasteiger partial charge < -0.3 is 11.1 Å². The van der Waals surface area contributed by atoms with Crippen molar-refractivity contribution in [1.82, 2.24) is 4.98 Å². The molecule has 18 heavy (non-hydrogen) atoms. The lowest BCUT2D eigenvalue weighted by atomic mass is 10.1. The average Bonchev–Trinajstić information content (AvgIpc) is 2.32. The van der Waals surface area contributed by atoms with Gasteiger partial charge in [-0.05, 0) is 18.2 Å². The first kappa shape index (κ1) is 14.3. The van der Waals surface area contributed by atoms with E-state index in [0.29, 0.717) is 22.0 Å². The number of nitrogens with zero attached hydrogens (tertiary/aromatic N) is 1. The van der Waals surface area contributed by atoms with Gasteiger partial charge in [-0.2, -0.15) is 0 Å². The smallest absolute Gasteiger partial charge is 0.257 e. The molecule has 0 aliphatic carbocycles. The molecule has 3 N–H and O–H groups in total. The Morgan fingerprint density at radius 1 is 1.28 bits per heavy atom. The number of amides is 1. The van der Waals surface area contributed by atoms with E-state index in [1.165, 1.54) is 6.20 Å². The normalized spacial score (nSPS) is 9.39. The molecular formula is C12H11Cl2N3O. The van der Waals surface area contributed by atoms with E-state index in [2.05, 4.69) is 10.3 Å². The van der Waals surface area contributed by atoms with Crippen LogP contribution < -0.4 is 11.1 Å². The molecule has 6 heteroatoms. The van der Waals surface area contributed by atoms with E-state index in [4.69, 9.17) is 17.3 Å². The lowest BCUT2D eigenvalue weighted by Crippen LogP contribution is -2.14. The number of halogens is 2. The predicted molar refractivity (Wildman–Crippen MR) is 75.3 cm³/mol. The first-order chi connectivity index (χ1) is 8.18. The molecular weight excluding hydrogens is 273 g/mol. The summed E-state index contributed by atoms with van der Waals surface area (Å²) in [6, 6.07) is 8.43. The predicted octanol–water partition coefficient (Wildman–Crippen LogP) is 2.99. The number of carbonyl (C=O) groups excluding carboxylic acids is 1. The Balaban J connectivity index is 0.00000162. The van der Waals surface area contributed by atoms with Crippen LogP contribution in [0.4, 0.5) is 11.4 Å². The van der Waals surface area contributed by atoms with Crippen LogP contribution in [0, 0.1) is 0 Å². The van der Waals surface area contributed by atoms with Gasteiger partial charge in [0, 0.05) is 11.9 Å². The second-order valence-corrected chi connectivity index (χ2v) is 3.80. The van der Waals surface area contributed by atoms with Crippen molar-refractivity contribution in [2.75, 3.05) is 11.1 Å². The number of nitrogens with one attached hydrogen (secondary N) is 1. The van der Waals surface area contributed by atoms with Gasteiger partial charge in [0.15, 0.2) is 0 Å². The van der Waals surface area contributed by atoms with Gasteiger partial charge in [0.1, 0.15) is 0 Å². The molecule has 94 valence electrons. The monoisotopic (exact) mass is 283 g/mol. The van der Waals surface area contributed by atoms with Crippen LogP contribution in [0.5, 0.6) is 0 Å². The number of anilines is 2. The Labute approximate surface area is 116 Å². The lowest BCUT2D eigenvalue weighted by Gasteiger charge is -2.07. The van der Waals surface area contributed by atoms with E-state index >= 15 is 0 Å². The molecule has 0 unspecified atom stereocenters. The van der Waals surface area contributed by atoms with Crippen molar-refractivity contribution in [3.8, 4) is 0 Å². The molecule has 0 spiro atoms. The minimum Gasteiger partial charge on any atom is -0.398 e. The van der Waals surface area contributed by atoms with E-state index in [-0.39, 0.29) is 18.3 Å². The van der Waals surface area contributed by atoms with Crippen LogP contribution in [0.25, 0.3) is 0 Å². The van der Waals surface area contributed by atoms with Crippen molar-refractivity contribution < 1.29 is 4.79 Å². The molecule has 1 aromatic heterocycles. The summed E-state index contributed by atoms with van der Waals surface area (Å²) >= 11 is 5.91. The maximum absolute atomic E-state index is 11.9. The molecule has 1 aromatic carbocycles. The molecule has 1 amide bonds. The van der Waals surface area contributed by atoms with Gasteiger partial charge >= 0.3 is 0 Å². The third-order valence-electron chi connectivity index (χ3n) is 2.22. The third-order valence-corrected chi connectivity index (χ3v) is 2.55. The van der Waals surface area contributed by atoms with Gasteiger partial charge in [-0.15, -0.1) is 12.4 Å². The summed E-state index contributed by atoms with van der Waals surface area (Å²) in [5, 5.41) is 3.09. The van der Waals surface area contributed by atoms with Gasteiger partial charge in [0.05, 0.1) is 22.5 Å². The fourth-order valence-corrected chi connectivity index (χ4v) is 1.52. The van der Waals surface area contributed by atoms with Crippen LogP contribution in [-0.4, -0.2) is 10.9 Å². The second kappa shape index (κ2) is 6.23. The van der Waals surface area contributed by atoms with Gasteiger partial charge in [-0.1, -0.05) is 23.7 Å². The number of pyridine rings is 1. The molecule has 0 saturated carbocycles. The fourth-order valence-electron chi connectivity index (χ4n) is 1.36. The lowest BCUT2D eigenvalue weighted by molar-refractivity contribution is 0.102. The molecule has 0 bridgehead atoms. The number of carbonyl (C=O) groups is 1. The molecule has 1 heterocycles. The van der Waals surface area contributed by atoms with Crippen LogP contribution in [0.1, 0.15) is 10.4 Å². The summed E-state index contributed by atoms with van der Waals surface area (Å²) in [5.74, 6) is -0.307. The van der Waals surface area contributed by atoms with Crippen LogP contribution in [0.3, 0.4) is 0 Å². The highest BCUT2D eigenvalue weighted by Gasteiger charge is 2.10. The Morgan fingerprint density at radius 3 is 2.67 bits per heavy atom. The number of benzene rings is 1. The number of hydrogen-bond donors (Lipinski definition) is 2. The molecule has 2 rings (SSSR count). The maximum Gasteiger partial charge on any atom is 0.257 e. The first-order valence-electron chi connectivity index (χ1n) is 4.94. The largest absolute Gasteiger partial charge is 0.398 e. The van der Waals surface area contributed by atoms with Crippen LogP contribution >= 0.6 is 24.0 Å². The van der Waals surface area contributed by atoms with E-state index in [9.17, 15) is 4.79 Å². The standard InChI is InChI=1S/C12H10ClN3O.ClH/c13-9-5-6-15-7-11(9)16-12(17)8-3-1-2-4-10(8)14;/h1-7H,14H2,(H,16,17);1H. The minimum absolute atomic E-state index is 0. The Bertz CT molecular complexity index is 561. The minimum atomic E-state index is -0.307. The van der Waals surface area contributed by atoms with E-state index in [0.717, 1.165) is 0 Å². The average molecular weight is 284 g/mol. The first-order valence-corrected chi connectivity index (χ1v) is 5.31. The molecule has 4 nitrogen and oxygen atoms in total. The number of para-hydroxylation sites is 1. The highest BCUT2D eigenvalue weighted by Crippen LogP contribution is 2.21. The number of nitrogens with two attached hydrogens (primary N) is 1. The van der Waals surface area contributed by atoms with E-state index in [1.807, 2.05) is 0 Å². The van der Waals surface area contributed by atoms with Crippen molar-refractivity contribution >= 4 is 41.3 Å². The molecule has 0 atom stereocenters. The molecule has 0 saturated heterocycles. The van der Waals surface area contributed by atoms with Crippen molar-refractivity contribution in [3.05, 3.63) is 53.3 Å². The van der Waals surface area contributed by atoms with Gasteiger partial charge in [0.2, 0.25) is 0 Å². The summed E-state index contributed by atoms with van der Waals surface area (Å²) in [4.78, 5) is 15.8. The summed E-state index contributed by atoms with van der Waals surface area (Å²) in [6.45, 7) is 0. The molecule has 0 radical (unpaired) electrons. The van der Waals surface area contributed by atoms with Crippen LogP contribution in [0.15, 0.2) is 42.7 Å². The summed E-state index contributed by atoms with van der Waals surface area (Å²) < 4.78 is 0. The zero-order valence-electron chi connectivity index (χ0n) is 9.26. The fraction of sp³-hybridized carbons (Fsp3) is 0. The molecule has 0 aliphatic heterocycles. The summed E-state index contributed by atoms with van der Waals surface area (Å²) in [5.41, 5.74) is 7.00. The maximum atomic E-state index is 11.9. The highest BCUT2D eigenvalue weighted by molar-refractivity contribution is 6.33. The van der Waals surface area contributed by atoms with Crippen LogP contribution in [0.2, 0.25) is 5.02 Å². The quantitative estimate of drug-likeness (QED) is 0.833. The van der Waals surface area contributed by atoms with Crippen molar-refractivity contribution in [3.63, 3.8) is 0 Å². The van der Waals surface area contributed by atoms with Gasteiger partial charge in [0.25, 0.3) is 5.91 Å². The Kier molecular flexibility index (Phi) is 4.95. The molecule has 0 fully saturated rings. The topological polar surface area (TPSA) is 68.0 Å². The van der Waals surface area contributed by atoms with Gasteiger partial charge in [-0.25, -0.2) is 0 Å². The van der Waals surface area contributed by atoms with Crippen molar-refractivity contribution in [2.45, 2.75) is 0 Å². The number of rotatable bonds is 2. The summed E-state index contributed by atoms with van der Waals surface area (Å²) in [6.07, 6.45) is 3.04. The number of nitrogen functional groups attached to an aromatic ring is 1.